The third-order valence-electron chi connectivity index (χ3n) is 7.66. The van der Waals surface area contributed by atoms with E-state index >= 15 is 0 Å². The third-order valence-corrected chi connectivity index (χ3v) is 8.86. The molecule has 0 unspecified atom stereocenters. The quantitative estimate of drug-likeness (QED) is 0.287. The van der Waals surface area contributed by atoms with Crippen LogP contribution in [0.5, 0.6) is 5.75 Å². The van der Waals surface area contributed by atoms with Crippen molar-refractivity contribution in [1.82, 2.24) is 10.2 Å². The second kappa shape index (κ2) is 14.9. The minimum atomic E-state index is -3.60. The first-order valence-electron chi connectivity index (χ1n) is 14.5. The number of benzene rings is 3. The molecule has 0 radical (unpaired) electrons. The van der Waals surface area contributed by atoms with Crippen molar-refractivity contribution >= 4 is 27.5 Å². The topological polar surface area (TPSA) is 96.0 Å². The molecule has 1 saturated carbocycles. The maximum absolute atomic E-state index is 13.9. The van der Waals surface area contributed by atoms with Crippen molar-refractivity contribution < 1.29 is 22.7 Å². The maximum atomic E-state index is 13.9. The lowest BCUT2D eigenvalue weighted by Gasteiger charge is -2.33. The summed E-state index contributed by atoms with van der Waals surface area (Å²) in [6, 6.07) is 25.7. The molecule has 42 heavy (non-hydrogen) atoms. The summed E-state index contributed by atoms with van der Waals surface area (Å²) in [5, 5.41) is 3.21. The number of nitrogens with zero attached hydrogens (tertiary/aromatic N) is 2. The van der Waals surface area contributed by atoms with Gasteiger partial charge in [-0.15, -0.1) is 0 Å². The zero-order valence-corrected chi connectivity index (χ0v) is 25.3. The lowest BCUT2D eigenvalue weighted by Crippen LogP contribution is -2.52. The summed E-state index contributed by atoms with van der Waals surface area (Å²) in [6.07, 6.45) is 5.98. The summed E-state index contributed by atoms with van der Waals surface area (Å²) < 4.78 is 31.9. The summed E-state index contributed by atoms with van der Waals surface area (Å²) in [6.45, 7) is 0.398. The van der Waals surface area contributed by atoms with Crippen molar-refractivity contribution in [3.8, 4) is 5.75 Å². The van der Waals surface area contributed by atoms with E-state index in [0.717, 1.165) is 43.1 Å². The normalized spacial score (nSPS) is 14.2. The van der Waals surface area contributed by atoms with Gasteiger partial charge < -0.3 is 15.0 Å². The Kier molecular flexibility index (Phi) is 11.0. The van der Waals surface area contributed by atoms with E-state index in [1.54, 1.807) is 29.2 Å². The number of carbonyl (C=O) groups is 2. The van der Waals surface area contributed by atoms with E-state index in [2.05, 4.69) is 5.32 Å². The molecule has 1 N–H and O–H groups in total. The summed E-state index contributed by atoms with van der Waals surface area (Å²) in [4.78, 5) is 29.4. The van der Waals surface area contributed by atoms with Crippen molar-refractivity contribution in [2.45, 2.75) is 63.6 Å². The molecule has 0 aliphatic heterocycles. The molecule has 1 fully saturated rings. The van der Waals surface area contributed by atoms with Crippen molar-refractivity contribution in [2.24, 2.45) is 0 Å². The molecule has 0 aromatic heterocycles. The average Bonchev–Trinajstić information content (AvgIpc) is 3.50. The number of nitrogens with one attached hydrogen (secondary N) is 1. The minimum Gasteiger partial charge on any atom is -0.497 e. The summed E-state index contributed by atoms with van der Waals surface area (Å²) in [5.74, 6) is 0.202. The molecule has 8 nitrogen and oxygen atoms in total. The van der Waals surface area contributed by atoms with Crippen LogP contribution in [0.2, 0.25) is 0 Å². The molecule has 0 heterocycles. The summed E-state index contributed by atoms with van der Waals surface area (Å²) in [5.41, 5.74) is 2.37. The zero-order valence-electron chi connectivity index (χ0n) is 24.4. The highest BCUT2D eigenvalue weighted by Crippen LogP contribution is 2.24. The fourth-order valence-electron chi connectivity index (χ4n) is 5.47. The summed E-state index contributed by atoms with van der Waals surface area (Å²) in [7, 11) is -2.08. The molecule has 1 atom stereocenters. The fraction of sp³-hybridized carbons (Fsp3) is 0.394. The van der Waals surface area contributed by atoms with E-state index in [4.69, 9.17) is 4.74 Å². The fourth-order valence-corrected chi connectivity index (χ4v) is 6.43. The number of hydrogen-bond donors (Lipinski definition) is 1. The minimum absolute atomic E-state index is 0.0881. The van der Waals surface area contributed by atoms with Gasteiger partial charge in [0.1, 0.15) is 11.8 Å². The van der Waals surface area contributed by atoms with Gasteiger partial charge in [-0.2, -0.15) is 0 Å². The Labute approximate surface area is 249 Å². The predicted molar refractivity (Wildman–Crippen MR) is 166 cm³/mol. The molecule has 1 aliphatic rings. The van der Waals surface area contributed by atoms with Crippen LogP contribution in [0.15, 0.2) is 84.9 Å². The molecule has 0 bridgehead atoms. The standard InChI is InChI=1S/C33H41N3O5S/c1-41-30-20-11-19-29(24-30)36(42(2,39)40)22-12-21-32(37)35(25-27-15-7-4-8-16-27)31(23-26-13-5-3-6-14-26)33(38)34-28-17-9-10-18-28/h3-8,11,13-16,19-20,24,28,31H,9-10,12,17-18,21-23,25H2,1-2H3,(H,34,38)/t31-/m0/s1. The van der Waals surface area contributed by atoms with Gasteiger partial charge in [-0.25, -0.2) is 8.42 Å². The number of carbonyl (C=O) groups excluding carboxylic acids is 2. The van der Waals surface area contributed by atoms with E-state index in [9.17, 15) is 18.0 Å². The third kappa shape index (κ3) is 8.82. The number of hydrogen-bond acceptors (Lipinski definition) is 5. The molecule has 224 valence electrons. The average molecular weight is 592 g/mol. The van der Waals surface area contributed by atoms with Crippen LogP contribution in [0, 0.1) is 0 Å². The van der Waals surface area contributed by atoms with E-state index in [1.807, 2.05) is 60.7 Å². The number of ether oxygens (including phenoxy) is 1. The highest BCUT2D eigenvalue weighted by Gasteiger charge is 2.32. The molecular formula is C33H41N3O5S. The van der Waals surface area contributed by atoms with Crippen molar-refractivity contribution in [3.63, 3.8) is 0 Å². The van der Waals surface area contributed by atoms with Gasteiger partial charge in [0.05, 0.1) is 19.1 Å². The van der Waals surface area contributed by atoms with Crippen LogP contribution in [-0.4, -0.2) is 57.1 Å². The Balaban J connectivity index is 1.56. The highest BCUT2D eigenvalue weighted by molar-refractivity contribution is 7.92. The largest absolute Gasteiger partial charge is 0.497 e. The molecule has 1 aliphatic carbocycles. The second-order valence-electron chi connectivity index (χ2n) is 10.8. The van der Waals surface area contributed by atoms with E-state index in [0.29, 0.717) is 17.9 Å². The van der Waals surface area contributed by atoms with Crippen LogP contribution in [0.25, 0.3) is 0 Å². The number of amides is 2. The maximum Gasteiger partial charge on any atom is 0.243 e. The number of anilines is 1. The Morgan fingerprint density at radius 3 is 2.19 bits per heavy atom. The van der Waals surface area contributed by atoms with Crippen LogP contribution in [-0.2, 0) is 32.6 Å². The molecule has 4 rings (SSSR count). The molecular weight excluding hydrogens is 550 g/mol. The van der Waals surface area contributed by atoms with Crippen LogP contribution in [0.3, 0.4) is 0 Å². The van der Waals surface area contributed by atoms with Gasteiger partial charge in [0.15, 0.2) is 0 Å². The molecule has 0 saturated heterocycles. The first-order valence-corrected chi connectivity index (χ1v) is 16.4. The highest BCUT2D eigenvalue weighted by atomic mass is 32.2. The van der Waals surface area contributed by atoms with Gasteiger partial charge in [0.2, 0.25) is 21.8 Å². The van der Waals surface area contributed by atoms with Crippen LogP contribution >= 0.6 is 0 Å². The Bertz CT molecular complexity index is 1410. The smallest absolute Gasteiger partial charge is 0.243 e. The second-order valence-corrected chi connectivity index (χ2v) is 12.7. The van der Waals surface area contributed by atoms with E-state index in [-0.39, 0.29) is 43.8 Å². The summed E-state index contributed by atoms with van der Waals surface area (Å²) >= 11 is 0. The number of rotatable bonds is 14. The molecule has 9 heteroatoms. The van der Waals surface area contributed by atoms with E-state index < -0.39 is 16.1 Å². The van der Waals surface area contributed by atoms with Gasteiger partial charge in [-0.3, -0.25) is 13.9 Å². The monoisotopic (exact) mass is 591 g/mol. The Morgan fingerprint density at radius 1 is 0.929 bits per heavy atom. The van der Waals surface area contributed by atoms with E-state index in [1.165, 1.54) is 11.4 Å². The number of methoxy groups -OCH3 is 1. The molecule has 3 aromatic rings. The van der Waals surface area contributed by atoms with Gasteiger partial charge in [-0.05, 0) is 42.5 Å². The molecule has 2 amide bonds. The van der Waals surface area contributed by atoms with Crippen LogP contribution in [0.1, 0.15) is 49.7 Å². The Hall–Kier alpha value is -3.85. The van der Waals surface area contributed by atoms with Gasteiger partial charge in [0, 0.05) is 38.0 Å². The van der Waals surface area contributed by atoms with Gasteiger partial charge >= 0.3 is 0 Å². The zero-order chi connectivity index (χ0) is 30.0. The van der Waals surface area contributed by atoms with Crippen molar-refractivity contribution in [3.05, 3.63) is 96.1 Å². The first kappa shape index (κ1) is 31.1. The Morgan fingerprint density at radius 2 is 1.57 bits per heavy atom. The van der Waals surface area contributed by atoms with Crippen LogP contribution in [0.4, 0.5) is 5.69 Å². The lowest BCUT2D eigenvalue weighted by molar-refractivity contribution is -0.141. The first-order chi connectivity index (χ1) is 20.2. The van der Waals surface area contributed by atoms with Gasteiger partial charge in [-0.1, -0.05) is 79.6 Å². The molecule has 3 aromatic carbocycles. The van der Waals surface area contributed by atoms with Crippen molar-refractivity contribution in [1.29, 1.82) is 0 Å². The number of sulfonamides is 1. The van der Waals surface area contributed by atoms with Gasteiger partial charge in [0.25, 0.3) is 0 Å². The SMILES string of the molecule is COc1cccc(N(CCCC(=O)N(Cc2ccccc2)[C@@H](Cc2ccccc2)C(=O)NC2CCCC2)S(C)(=O)=O)c1. The lowest BCUT2D eigenvalue weighted by atomic mass is 10.0. The predicted octanol–water partition coefficient (Wildman–Crippen LogP) is 4.94. The molecule has 0 spiro atoms. The van der Waals surface area contributed by atoms with Crippen molar-refractivity contribution in [2.75, 3.05) is 24.2 Å². The van der Waals surface area contributed by atoms with Crippen LogP contribution < -0.4 is 14.4 Å².